The first-order valence-corrected chi connectivity index (χ1v) is 6.86. The number of halogens is 1. The summed E-state index contributed by atoms with van der Waals surface area (Å²) in [6.45, 7) is 4.71. The summed E-state index contributed by atoms with van der Waals surface area (Å²) >= 11 is 2.18. The lowest BCUT2D eigenvalue weighted by Gasteiger charge is -2.10. The van der Waals surface area contributed by atoms with E-state index in [0.29, 0.717) is 12.4 Å². The molecule has 2 rings (SSSR count). The highest BCUT2D eigenvalue weighted by Crippen LogP contribution is 2.17. The summed E-state index contributed by atoms with van der Waals surface area (Å²) in [6.07, 6.45) is 1.96. The molecule has 0 aliphatic heterocycles. The van der Waals surface area contributed by atoms with Gasteiger partial charge in [0.15, 0.2) is 0 Å². The smallest absolute Gasteiger partial charge is 0.135 e. The maximum Gasteiger partial charge on any atom is 0.135 e. The second-order valence-corrected chi connectivity index (χ2v) is 5.51. The Morgan fingerprint density at radius 2 is 2.00 bits per heavy atom. The molecule has 0 atom stereocenters. The highest BCUT2D eigenvalue weighted by Gasteiger charge is 2.05. The zero-order valence-corrected chi connectivity index (χ0v) is 12.6. The second kappa shape index (κ2) is 5.60. The lowest BCUT2D eigenvalue weighted by atomic mass is 10.2. The van der Waals surface area contributed by atoms with Crippen LogP contribution in [0.2, 0.25) is 0 Å². The number of hydrogen-bond donors (Lipinski definition) is 1. The minimum atomic E-state index is 0.194. The standard InChI is InChI=1S/C13H16IN3O/c1-9(2)18-11-5-3-10(4-6-11)8-17-13(15)12(14)7-16-17/h3-7,9H,8,15H2,1-2H3. The predicted molar refractivity (Wildman–Crippen MR) is 80.7 cm³/mol. The van der Waals surface area contributed by atoms with Gasteiger partial charge in [0.1, 0.15) is 11.6 Å². The first-order chi connectivity index (χ1) is 8.56. The summed E-state index contributed by atoms with van der Waals surface area (Å²) in [6, 6.07) is 8.01. The van der Waals surface area contributed by atoms with Gasteiger partial charge in [-0.3, -0.25) is 0 Å². The van der Waals surface area contributed by atoms with Crippen LogP contribution in [0.25, 0.3) is 0 Å². The van der Waals surface area contributed by atoms with Crippen molar-refractivity contribution in [3.8, 4) is 5.75 Å². The van der Waals surface area contributed by atoms with Crippen molar-refractivity contribution < 1.29 is 4.74 Å². The van der Waals surface area contributed by atoms with Crippen LogP contribution in [0.5, 0.6) is 5.75 Å². The molecule has 1 aromatic heterocycles. The van der Waals surface area contributed by atoms with Crippen molar-refractivity contribution >= 4 is 28.4 Å². The molecule has 4 nitrogen and oxygen atoms in total. The minimum absolute atomic E-state index is 0.194. The Hall–Kier alpha value is -1.24. The summed E-state index contributed by atoms with van der Waals surface area (Å²) < 4.78 is 8.37. The SMILES string of the molecule is CC(C)Oc1ccc(Cn2ncc(I)c2N)cc1. The van der Waals surface area contributed by atoms with Gasteiger partial charge in [-0.1, -0.05) is 12.1 Å². The first kappa shape index (κ1) is 13.2. The van der Waals surface area contributed by atoms with Crippen molar-refractivity contribution in [2.45, 2.75) is 26.5 Å². The molecule has 0 saturated heterocycles. The van der Waals surface area contributed by atoms with Gasteiger partial charge in [-0.25, -0.2) is 4.68 Å². The Morgan fingerprint density at radius 3 is 2.50 bits per heavy atom. The highest BCUT2D eigenvalue weighted by molar-refractivity contribution is 14.1. The fraction of sp³-hybridized carbons (Fsp3) is 0.308. The molecule has 1 heterocycles. The third-order valence-electron chi connectivity index (χ3n) is 2.46. The van der Waals surface area contributed by atoms with E-state index in [9.17, 15) is 0 Å². The Balaban J connectivity index is 2.08. The van der Waals surface area contributed by atoms with Crippen molar-refractivity contribution in [1.29, 1.82) is 0 Å². The van der Waals surface area contributed by atoms with Gasteiger partial charge in [0.2, 0.25) is 0 Å². The van der Waals surface area contributed by atoms with Gasteiger partial charge in [-0.15, -0.1) is 0 Å². The average Bonchev–Trinajstić information content (AvgIpc) is 2.63. The van der Waals surface area contributed by atoms with Crippen molar-refractivity contribution in [3.63, 3.8) is 0 Å². The Kier molecular flexibility index (Phi) is 4.11. The lowest BCUT2D eigenvalue weighted by molar-refractivity contribution is 0.242. The molecular weight excluding hydrogens is 341 g/mol. The van der Waals surface area contributed by atoms with Crippen LogP contribution in [0.3, 0.4) is 0 Å². The molecule has 0 unspecified atom stereocenters. The van der Waals surface area contributed by atoms with Crippen molar-refractivity contribution in [2.75, 3.05) is 5.73 Å². The fourth-order valence-electron chi connectivity index (χ4n) is 1.62. The lowest BCUT2D eigenvalue weighted by Crippen LogP contribution is -2.07. The summed E-state index contributed by atoms with van der Waals surface area (Å²) in [5, 5.41) is 4.23. The average molecular weight is 357 g/mol. The topological polar surface area (TPSA) is 53.1 Å². The van der Waals surface area contributed by atoms with Crippen LogP contribution in [0.4, 0.5) is 5.82 Å². The van der Waals surface area contributed by atoms with E-state index in [1.54, 1.807) is 10.9 Å². The fourth-order valence-corrected chi connectivity index (χ4v) is 2.02. The van der Waals surface area contributed by atoms with Crippen molar-refractivity contribution in [3.05, 3.63) is 39.6 Å². The van der Waals surface area contributed by atoms with Crippen molar-refractivity contribution in [1.82, 2.24) is 9.78 Å². The van der Waals surface area contributed by atoms with Crippen LogP contribution in [0.1, 0.15) is 19.4 Å². The molecule has 0 fully saturated rings. The quantitative estimate of drug-likeness (QED) is 0.857. The molecule has 0 saturated carbocycles. The number of nitrogen functional groups attached to an aromatic ring is 1. The third-order valence-corrected chi connectivity index (χ3v) is 3.29. The van der Waals surface area contributed by atoms with Crippen LogP contribution in [-0.4, -0.2) is 15.9 Å². The summed E-state index contributed by atoms with van der Waals surface area (Å²) in [5.74, 6) is 1.59. The van der Waals surface area contributed by atoms with Crippen LogP contribution >= 0.6 is 22.6 Å². The normalized spacial score (nSPS) is 10.9. The van der Waals surface area contributed by atoms with E-state index >= 15 is 0 Å². The number of rotatable bonds is 4. The molecule has 0 radical (unpaired) electrons. The summed E-state index contributed by atoms with van der Waals surface area (Å²) in [5.41, 5.74) is 7.06. The Bertz CT molecular complexity index is 520. The van der Waals surface area contributed by atoms with Gasteiger partial charge < -0.3 is 10.5 Å². The van der Waals surface area contributed by atoms with Crippen LogP contribution in [0.15, 0.2) is 30.5 Å². The van der Waals surface area contributed by atoms with E-state index in [1.165, 1.54) is 0 Å². The molecule has 96 valence electrons. The molecule has 1 aromatic carbocycles. The van der Waals surface area contributed by atoms with Crippen molar-refractivity contribution in [2.24, 2.45) is 0 Å². The number of aromatic nitrogens is 2. The second-order valence-electron chi connectivity index (χ2n) is 4.35. The molecule has 2 aromatic rings. The number of hydrogen-bond acceptors (Lipinski definition) is 3. The van der Waals surface area contributed by atoms with Gasteiger partial charge in [-0.05, 0) is 54.1 Å². The zero-order valence-electron chi connectivity index (χ0n) is 10.4. The molecule has 0 amide bonds. The maximum atomic E-state index is 5.91. The molecule has 0 aliphatic rings. The van der Waals surface area contributed by atoms with Gasteiger partial charge in [0.05, 0.1) is 22.4 Å². The van der Waals surface area contributed by atoms with Crippen LogP contribution in [0, 0.1) is 3.57 Å². The Morgan fingerprint density at radius 1 is 1.33 bits per heavy atom. The molecule has 18 heavy (non-hydrogen) atoms. The minimum Gasteiger partial charge on any atom is -0.491 e. The van der Waals surface area contributed by atoms with Gasteiger partial charge in [0.25, 0.3) is 0 Å². The maximum absolute atomic E-state index is 5.91. The van der Waals surface area contributed by atoms with E-state index in [0.717, 1.165) is 14.9 Å². The molecule has 5 heteroatoms. The zero-order chi connectivity index (χ0) is 13.1. The Labute approximate surface area is 120 Å². The highest BCUT2D eigenvalue weighted by atomic mass is 127. The predicted octanol–water partition coefficient (Wildman–Crippen LogP) is 2.91. The number of benzene rings is 1. The number of anilines is 1. The van der Waals surface area contributed by atoms with E-state index in [4.69, 9.17) is 10.5 Å². The van der Waals surface area contributed by atoms with E-state index in [2.05, 4.69) is 27.7 Å². The van der Waals surface area contributed by atoms with Crippen LogP contribution < -0.4 is 10.5 Å². The largest absolute Gasteiger partial charge is 0.491 e. The van der Waals surface area contributed by atoms with E-state index in [1.807, 2.05) is 38.1 Å². The molecular formula is C13H16IN3O. The number of nitrogens with two attached hydrogens (primary N) is 1. The molecule has 0 spiro atoms. The van der Waals surface area contributed by atoms with Gasteiger partial charge in [-0.2, -0.15) is 5.10 Å². The van der Waals surface area contributed by atoms with E-state index in [-0.39, 0.29) is 6.10 Å². The van der Waals surface area contributed by atoms with Gasteiger partial charge >= 0.3 is 0 Å². The molecule has 0 bridgehead atoms. The summed E-state index contributed by atoms with van der Waals surface area (Å²) in [7, 11) is 0. The first-order valence-electron chi connectivity index (χ1n) is 5.78. The monoisotopic (exact) mass is 357 g/mol. The molecule has 0 aliphatic carbocycles. The van der Waals surface area contributed by atoms with Gasteiger partial charge in [0, 0.05) is 0 Å². The third kappa shape index (κ3) is 3.16. The number of nitrogens with zero attached hydrogens (tertiary/aromatic N) is 2. The number of ether oxygens (including phenoxy) is 1. The van der Waals surface area contributed by atoms with E-state index < -0.39 is 0 Å². The van der Waals surface area contributed by atoms with Crippen LogP contribution in [-0.2, 0) is 6.54 Å². The summed E-state index contributed by atoms with van der Waals surface area (Å²) in [4.78, 5) is 0. The molecule has 2 N–H and O–H groups in total.